The number of hydrogen-bond donors (Lipinski definition) is 0. The number of methoxy groups -OCH3 is 1. The number of ether oxygens (including phenoxy) is 1. The van der Waals surface area contributed by atoms with E-state index in [2.05, 4.69) is 4.99 Å². The summed E-state index contributed by atoms with van der Waals surface area (Å²) in [6.45, 7) is 4.37. The van der Waals surface area contributed by atoms with Crippen LogP contribution in [0.3, 0.4) is 0 Å². The summed E-state index contributed by atoms with van der Waals surface area (Å²) in [5.74, 6) is -1.35. The second kappa shape index (κ2) is 9.49. The van der Waals surface area contributed by atoms with Crippen LogP contribution in [0, 0.1) is 19.8 Å². The first-order valence-electron chi connectivity index (χ1n) is 10.5. The van der Waals surface area contributed by atoms with Crippen LogP contribution in [0.4, 0.5) is 0 Å². The number of carbonyl (C=O) groups excluding carboxylic acids is 2. The Labute approximate surface area is 200 Å². The van der Waals surface area contributed by atoms with Gasteiger partial charge in [0.15, 0.2) is 4.80 Å². The first kappa shape index (κ1) is 23.8. The van der Waals surface area contributed by atoms with Crippen molar-refractivity contribution in [1.29, 1.82) is 0 Å². The van der Waals surface area contributed by atoms with Crippen LogP contribution in [0.25, 0.3) is 10.2 Å². The van der Waals surface area contributed by atoms with Gasteiger partial charge in [-0.15, -0.1) is 11.3 Å². The maximum absolute atomic E-state index is 13.2. The first-order valence-corrected chi connectivity index (χ1v) is 13.6. The number of rotatable bonds is 5. The fourth-order valence-corrected chi connectivity index (χ4v) is 7.78. The first-order chi connectivity index (χ1) is 15.7. The number of thiazole rings is 1. The van der Waals surface area contributed by atoms with Gasteiger partial charge in [-0.1, -0.05) is 23.5 Å². The van der Waals surface area contributed by atoms with Gasteiger partial charge >= 0.3 is 5.97 Å². The van der Waals surface area contributed by atoms with Crippen LogP contribution in [0.2, 0.25) is 0 Å². The van der Waals surface area contributed by atoms with E-state index in [0.717, 1.165) is 21.3 Å². The van der Waals surface area contributed by atoms with E-state index in [-0.39, 0.29) is 23.2 Å². The number of piperidine rings is 1. The van der Waals surface area contributed by atoms with E-state index in [1.165, 1.54) is 34.1 Å². The highest BCUT2D eigenvalue weighted by Gasteiger charge is 2.34. The zero-order valence-electron chi connectivity index (χ0n) is 18.6. The lowest BCUT2D eigenvalue weighted by atomic mass is 9.99. The lowest BCUT2D eigenvalue weighted by Crippen LogP contribution is -2.42. The number of amides is 1. The van der Waals surface area contributed by atoms with E-state index < -0.39 is 21.9 Å². The van der Waals surface area contributed by atoms with Crippen LogP contribution in [0.5, 0.6) is 0 Å². The molecule has 0 radical (unpaired) electrons. The summed E-state index contributed by atoms with van der Waals surface area (Å²) in [7, 11) is -2.30. The molecule has 1 saturated heterocycles. The normalized spacial score (nSPS) is 18.0. The zero-order chi connectivity index (χ0) is 23.8. The fourth-order valence-electron chi connectivity index (χ4n) is 4.03. The molecular formula is C22H25N3O5S3. The molecule has 33 heavy (non-hydrogen) atoms. The average Bonchev–Trinajstić information content (AvgIpc) is 3.44. The lowest BCUT2D eigenvalue weighted by molar-refractivity contribution is -0.141. The van der Waals surface area contributed by atoms with E-state index in [1.807, 2.05) is 26.0 Å². The summed E-state index contributed by atoms with van der Waals surface area (Å²) < 4.78 is 35.0. The lowest BCUT2D eigenvalue weighted by Gasteiger charge is -2.29. The number of benzene rings is 1. The van der Waals surface area contributed by atoms with Gasteiger partial charge in [0.25, 0.3) is 15.9 Å². The third-order valence-corrected chi connectivity index (χ3v) is 10.1. The van der Waals surface area contributed by atoms with Crippen molar-refractivity contribution in [3.05, 3.63) is 45.6 Å². The molecule has 8 nitrogen and oxygen atoms in total. The van der Waals surface area contributed by atoms with Crippen LogP contribution < -0.4 is 4.80 Å². The minimum atomic E-state index is -3.62. The maximum atomic E-state index is 13.2. The molecule has 4 rings (SSSR count). The molecule has 1 unspecified atom stereocenters. The van der Waals surface area contributed by atoms with E-state index in [1.54, 1.807) is 22.1 Å². The Morgan fingerprint density at radius 2 is 2.06 bits per heavy atom. The summed E-state index contributed by atoms with van der Waals surface area (Å²) in [6.07, 6.45) is 1.15. The Bertz CT molecular complexity index is 1370. The summed E-state index contributed by atoms with van der Waals surface area (Å²) in [4.78, 5) is 30.0. The number of carbonyl (C=O) groups is 2. The summed E-state index contributed by atoms with van der Waals surface area (Å²) >= 11 is 2.51. The van der Waals surface area contributed by atoms with Crippen LogP contribution >= 0.6 is 22.7 Å². The molecule has 3 heterocycles. The minimum Gasteiger partial charge on any atom is -0.468 e. The van der Waals surface area contributed by atoms with Crippen LogP contribution in [-0.4, -0.2) is 49.4 Å². The number of nitrogens with zero attached hydrogens (tertiary/aromatic N) is 3. The Hall–Kier alpha value is -2.34. The van der Waals surface area contributed by atoms with Crippen molar-refractivity contribution < 1.29 is 22.7 Å². The molecule has 176 valence electrons. The SMILES string of the molecule is COC(=O)Cn1c(=NC(=O)C2CCCN(S(=O)(=O)c3cccs3)C2)sc2c(C)cc(C)cc21. The number of esters is 1. The van der Waals surface area contributed by atoms with Crippen molar-refractivity contribution in [2.75, 3.05) is 20.2 Å². The monoisotopic (exact) mass is 507 g/mol. The standard InChI is InChI=1S/C22H25N3O5S3/c1-14-10-15(2)20-17(11-14)25(13-18(26)30-3)22(32-20)23-21(27)16-6-4-8-24(12-16)33(28,29)19-7-5-9-31-19/h5,7,9-11,16H,4,6,8,12-13H2,1-3H3. The van der Waals surface area contributed by atoms with Crippen molar-refractivity contribution in [1.82, 2.24) is 8.87 Å². The quantitative estimate of drug-likeness (QED) is 0.495. The predicted molar refractivity (Wildman–Crippen MR) is 128 cm³/mol. The molecule has 1 amide bonds. The third kappa shape index (κ3) is 4.81. The van der Waals surface area contributed by atoms with Crippen molar-refractivity contribution in [2.24, 2.45) is 10.9 Å². The number of aromatic nitrogens is 1. The average molecular weight is 508 g/mol. The molecule has 11 heteroatoms. The highest BCUT2D eigenvalue weighted by atomic mass is 32.2. The van der Waals surface area contributed by atoms with E-state index in [9.17, 15) is 18.0 Å². The van der Waals surface area contributed by atoms with Gasteiger partial charge in [-0.05, 0) is 55.3 Å². The Balaban J connectivity index is 1.69. The van der Waals surface area contributed by atoms with Crippen molar-refractivity contribution in [3.63, 3.8) is 0 Å². The van der Waals surface area contributed by atoms with E-state index in [4.69, 9.17) is 4.74 Å². The third-order valence-electron chi connectivity index (χ3n) is 5.66. The molecule has 1 fully saturated rings. The highest BCUT2D eigenvalue weighted by molar-refractivity contribution is 7.91. The number of thiophene rings is 1. The van der Waals surface area contributed by atoms with E-state index >= 15 is 0 Å². The topological polar surface area (TPSA) is 98.0 Å². The Morgan fingerprint density at radius 1 is 1.27 bits per heavy atom. The maximum Gasteiger partial charge on any atom is 0.325 e. The number of sulfonamides is 1. The number of hydrogen-bond acceptors (Lipinski definition) is 7. The van der Waals surface area contributed by atoms with Gasteiger partial charge in [0.05, 0.1) is 23.2 Å². The molecule has 0 spiro atoms. The number of aryl methyl sites for hydroxylation is 2. The largest absolute Gasteiger partial charge is 0.468 e. The van der Waals surface area contributed by atoms with Gasteiger partial charge in [-0.25, -0.2) is 8.42 Å². The summed E-state index contributed by atoms with van der Waals surface area (Å²) in [5.41, 5.74) is 2.89. The van der Waals surface area contributed by atoms with Crippen LogP contribution in [-0.2, 0) is 30.9 Å². The fraction of sp³-hybridized carbons (Fsp3) is 0.409. The Kier molecular flexibility index (Phi) is 6.85. The van der Waals surface area contributed by atoms with Crippen molar-refractivity contribution >= 4 is 54.8 Å². The molecule has 0 bridgehead atoms. The molecule has 1 aliphatic rings. The van der Waals surface area contributed by atoms with Gasteiger partial charge in [0.1, 0.15) is 10.8 Å². The minimum absolute atomic E-state index is 0.0605. The molecule has 1 atom stereocenters. The van der Waals surface area contributed by atoms with Crippen LogP contribution in [0.1, 0.15) is 24.0 Å². The second-order valence-corrected chi connectivity index (χ2v) is 12.2. The highest BCUT2D eigenvalue weighted by Crippen LogP contribution is 2.27. The second-order valence-electron chi connectivity index (χ2n) is 8.06. The molecule has 2 aromatic heterocycles. The number of fused-ring (bicyclic) bond motifs is 1. The van der Waals surface area contributed by atoms with Gasteiger partial charge in [0, 0.05) is 13.1 Å². The molecule has 1 aromatic carbocycles. The van der Waals surface area contributed by atoms with Gasteiger partial charge in [-0.2, -0.15) is 9.30 Å². The molecule has 0 saturated carbocycles. The molecular weight excluding hydrogens is 482 g/mol. The van der Waals surface area contributed by atoms with Crippen molar-refractivity contribution in [3.8, 4) is 0 Å². The van der Waals surface area contributed by atoms with Gasteiger partial charge < -0.3 is 9.30 Å². The van der Waals surface area contributed by atoms with E-state index in [0.29, 0.717) is 24.2 Å². The summed E-state index contributed by atoms with van der Waals surface area (Å²) in [6, 6.07) is 7.28. The van der Waals surface area contributed by atoms with Gasteiger partial charge in [-0.3, -0.25) is 9.59 Å². The molecule has 3 aromatic rings. The van der Waals surface area contributed by atoms with Crippen molar-refractivity contribution in [2.45, 2.75) is 37.4 Å². The zero-order valence-corrected chi connectivity index (χ0v) is 21.1. The molecule has 0 N–H and O–H groups in total. The predicted octanol–water partition coefficient (Wildman–Crippen LogP) is 3.08. The summed E-state index contributed by atoms with van der Waals surface area (Å²) in [5, 5.41) is 1.72. The smallest absolute Gasteiger partial charge is 0.325 e. The van der Waals surface area contributed by atoms with Gasteiger partial charge in [0.2, 0.25) is 0 Å². The van der Waals surface area contributed by atoms with Crippen LogP contribution in [0.15, 0.2) is 38.8 Å². The molecule has 0 aliphatic carbocycles. The Morgan fingerprint density at radius 3 is 2.76 bits per heavy atom. The molecule has 1 aliphatic heterocycles.